The predicted octanol–water partition coefficient (Wildman–Crippen LogP) is 5.81. The minimum absolute atomic E-state index is 0.0142. The third-order valence-corrected chi connectivity index (χ3v) is 13.6. The molecule has 2 amide bonds. The molecule has 2 aliphatic carbocycles. The van der Waals surface area contributed by atoms with E-state index in [-0.39, 0.29) is 42.4 Å². The summed E-state index contributed by atoms with van der Waals surface area (Å²) in [6, 6.07) is 3.00. The van der Waals surface area contributed by atoms with Crippen molar-refractivity contribution in [1.82, 2.24) is 24.7 Å². The van der Waals surface area contributed by atoms with E-state index < -0.39 is 104 Å². The highest BCUT2D eigenvalue weighted by Crippen LogP contribution is 2.57. The summed E-state index contributed by atoms with van der Waals surface area (Å²) < 4.78 is 95.1. The Morgan fingerprint density at radius 2 is 1.86 bits per heavy atom. The molecule has 3 aromatic rings. The van der Waals surface area contributed by atoms with Gasteiger partial charge in [0.1, 0.15) is 23.4 Å². The van der Waals surface area contributed by atoms with Crippen molar-refractivity contribution in [3.05, 3.63) is 59.4 Å². The normalized spacial score (nSPS) is 27.4. The molecule has 0 bridgehead atoms. The first-order valence-electron chi connectivity index (χ1n) is 18.6. The number of fused-ring (bicyclic) bond motifs is 3. The molecule has 5 atom stereocenters. The second kappa shape index (κ2) is 14.6. The van der Waals surface area contributed by atoms with Crippen LogP contribution in [0.4, 0.5) is 17.6 Å². The highest BCUT2D eigenvalue weighted by atomic mass is 32.2. The fourth-order valence-corrected chi connectivity index (χ4v) is 9.02. The third kappa shape index (κ3) is 7.93. The third-order valence-electron chi connectivity index (χ3n) is 11.5. The summed E-state index contributed by atoms with van der Waals surface area (Å²) >= 11 is 0. The van der Waals surface area contributed by atoms with Crippen LogP contribution in [-0.2, 0) is 30.6 Å². The van der Waals surface area contributed by atoms with Gasteiger partial charge in [-0.1, -0.05) is 30.2 Å². The van der Waals surface area contributed by atoms with Gasteiger partial charge in [-0.2, -0.15) is 13.2 Å². The number of ether oxygens (including phenoxy) is 1. The molecule has 3 fully saturated rings. The van der Waals surface area contributed by atoms with E-state index in [2.05, 4.69) is 19.8 Å². The van der Waals surface area contributed by atoms with Crippen molar-refractivity contribution in [2.45, 2.75) is 108 Å². The number of alkyl halides is 3. The first-order chi connectivity index (χ1) is 26.4. The van der Waals surface area contributed by atoms with E-state index in [4.69, 9.17) is 9.26 Å². The number of hydrogen-bond donors (Lipinski definition) is 1. The van der Waals surface area contributed by atoms with Crippen LogP contribution in [0, 0.1) is 30.0 Å². The van der Waals surface area contributed by atoms with E-state index in [1.165, 1.54) is 17.9 Å². The lowest BCUT2D eigenvalue weighted by atomic mass is 9.90. The quantitative estimate of drug-likeness (QED) is 0.165. The van der Waals surface area contributed by atoms with E-state index in [0.29, 0.717) is 44.3 Å². The lowest BCUT2D eigenvalue weighted by Crippen LogP contribution is -2.47. The number of amides is 2. The lowest BCUT2D eigenvalue weighted by Gasteiger charge is -2.29. The Labute approximate surface area is 319 Å². The lowest BCUT2D eigenvalue weighted by molar-refractivity contribution is -0.143. The number of carbonyl (C=O) groups is 4. The first-order valence-corrected chi connectivity index (χ1v) is 20.1. The molecule has 1 N–H and O–H groups in total. The van der Waals surface area contributed by atoms with Gasteiger partial charge in [0.05, 0.1) is 33.8 Å². The van der Waals surface area contributed by atoms with E-state index >= 15 is 0 Å². The van der Waals surface area contributed by atoms with Crippen LogP contribution >= 0.6 is 0 Å². The number of aryl methyl sites for hydroxylation is 1. The number of nitrogens with zero attached hydrogens (tertiary/aromatic N) is 4. The Morgan fingerprint density at radius 1 is 1.09 bits per heavy atom. The monoisotopic (exact) mass is 803 g/mol. The number of rotatable bonds is 8. The number of carbonyl (C=O) groups excluding carboxylic acids is 4. The molecule has 13 nitrogen and oxygen atoms in total. The second-order valence-electron chi connectivity index (χ2n) is 15.7. The fraction of sp³-hybridized carbons (Fsp3) is 0.553. The first kappa shape index (κ1) is 39.5. The average molecular weight is 804 g/mol. The van der Waals surface area contributed by atoms with Gasteiger partial charge in [0.15, 0.2) is 11.6 Å². The zero-order chi connectivity index (χ0) is 40.2. The highest BCUT2D eigenvalue weighted by Gasteiger charge is 2.62. The summed E-state index contributed by atoms with van der Waals surface area (Å²) in [4.78, 5) is 64.9. The smallest absolute Gasteiger partial charge is 0.438 e. The molecule has 4 heterocycles. The molecule has 18 heteroatoms. The number of Topliss-reactive ketones (excluding diaryl/α,β-unsaturated/α-hetero) is 2. The number of ketones is 2. The summed E-state index contributed by atoms with van der Waals surface area (Å²) in [7, 11) is -4.07. The van der Waals surface area contributed by atoms with Crippen LogP contribution in [-0.4, -0.2) is 75.3 Å². The number of halogens is 4. The molecule has 0 spiro atoms. The van der Waals surface area contributed by atoms with Crippen LogP contribution in [0.1, 0.15) is 99.5 Å². The van der Waals surface area contributed by atoms with Crippen LogP contribution in [0.3, 0.4) is 0 Å². The molecule has 2 saturated carbocycles. The van der Waals surface area contributed by atoms with Crippen LogP contribution < -0.4 is 9.46 Å². The Bertz CT molecular complexity index is 2220. The van der Waals surface area contributed by atoms with Gasteiger partial charge in [-0.25, -0.2) is 22.8 Å². The van der Waals surface area contributed by atoms with E-state index in [9.17, 15) is 45.2 Å². The zero-order valence-electron chi connectivity index (χ0n) is 30.7. The standard InChI is InChI=1S/C38H41F4N5O8S/c1-21-14-28(45-55-21)30(48)15-22-8-6-4-3-5-7-9-23-18-37(23,35(51)46-56(52,53)36(2)12-13-36)19-31(49)29-17-25(20-47(29)34(22)50)54-33-32(38(40,41)42)43-26-11-10-24(39)16-27(26)44-33/h7,9-11,14,16,22-23,25,29H,3-6,8,12-13,15,17-20H2,1-2H3,(H,46,51)/b9-7-/t22-,23-,25-,29+,37-/m1/s1. The van der Waals surface area contributed by atoms with Crippen LogP contribution in [0.25, 0.3) is 11.0 Å². The summed E-state index contributed by atoms with van der Waals surface area (Å²) in [5, 5.41) is 3.78. The molecule has 2 aromatic heterocycles. The van der Waals surface area contributed by atoms with Gasteiger partial charge >= 0.3 is 6.18 Å². The van der Waals surface area contributed by atoms with Gasteiger partial charge in [-0.05, 0) is 70.4 Å². The number of sulfonamides is 1. The molecule has 7 rings (SSSR count). The molecule has 0 unspecified atom stereocenters. The van der Waals surface area contributed by atoms with Gasteiger partial charge in [0.25, 0.3) is 0 Å². The van der Waals surface area contributed by atoms with Gasteiger partial charge in [0.2, 0.25) is 33.4 Å². The molecule has 2 aliphatic heterocycles. The SMILES string of the molecule is Cc1cc(C(=O)C[C@H]2CCCCC/C=C\[C@@H]3C[C@@]3(C(=O)NS(=O)(=O)C3(C)CC3)CC(=O)[C@@H]3C[C@@H](Oc4nc5cc(F)ccc5nc4C(F)(F)F)CN3C2=O)no1. The Kier molecular flexibility index (Phi) is 10.3. The molecular formula is C38H41F4N5O8S. The second-order valence-corrected chi connectivity index (χ2v) is 17.9. The molecule has 0 radical (unpaired) electrons. The molecule has 1 saturated heterocycles. The van der Waals surface area contributed by atoms with Crippen molar-refractivity contribution in [3.63, 3.8) is 0 Å². The van der Waals surface area contributed by atoms with E-state index in [1.54, 1.807) is 6.92 Å². The average Bonchev–Trinajstić information content (AvgIpc) is 3.93. The fourth-order valence-electron chi connectivity index (χ4n) is 7.68. The van der Waals surface area contributed by atoms with E-state index in [0.717, 1.165) is 18.2 Å². The molecule has 1 aromatic carbocycles. The molecule has 56 heavy (non-hydrogen) atoms. The number of benzene rings is 1. The minimum Gasteiger partial charge on any atom is -0.471 e. The molecule has 4 aliphatic rings. The maximum atomic E-state index is 14.5. The highest BCUT2D eigenvalue weighted by molar-refractivity contribution is 7.91. The summed E-state index contributed by atoms with van der Waals surface area (Å²) in [5.74, 6) is -5.35. The number of hydrogen-bond acceptors (Lipinski definition) is 11. The van der Waals surface area contributed by atoms with Crippen molar-refractivity contribution in [2.75, 3.05) is 6.54 Å². The van der Waals surface area contributed by atoms with Crippen LogP contribution in [0.15, 0.2) is 40.9 Å². The number of allylic oxidation sites excluding steroid dienone is 2. The van der Waals surface area contributed by atoms with Crippen LogP contribution in [0.5, 0.6) is 5.88 Å². The Morgan fingerprint density at radius 3 is 2.55 bits per heavy atom. The Hall–Kier alpha value is -4.74. The predicted molar refractivity (Wildman–Crippen MR) is 190 cm³/mol. The number of aromatic nitrogens is 3. The summed E-state index contributed by atoms with van der Waals surface area (Å²) in [5.41, 5.74) is -3.37. The van der Waals surface area contributed by atoms with Gasteiger partial charge < -0.3 is 14.2 Å². The largest absolute Gasteiger partial charge is 0.471 e. The van der Waals surface area contributed by atoms with Gasteiger partial charge in [-0.3, -0.25) is 23.9 Å². The van der Waals surface area contributed by atoms with Gasteiger partial charge in [-0.15, -0.1) is 0 Å². The van der Waals surface area contributed by atoms with E-state index in [1.807, 2.05) is 12.2 Å². The summed E-state index contributed by atoms with van der Waals surface area (Å²) in [6.07, 6.45) is 0.0398. The maximum Gasteiger partial charge on any atom is 0.438 e. The molecule has 300 valence electrons. The Balaban J connectivity index is 1.23. The zero-order valence-corrected chi connectivity index (χ0v) is 31.6. The minimum atomic E-state index is -5.05. The van der Waals surface area contributed by atoms with Crippen molar-refractivity contribution >= 4 is 44.4 Å². The number of nitrogens with one attached hydrogen (secondary N) is 1. The van der Waals surface area contributed by atoms with Crippen molar-refractivity contribution in [3.8, 4) is 5.88 Å². The molecular weight excluding hydrogens is 763 g/mol. The van der Waals surface area contributed by atoms with Crippen molar-refractivity contribution in [1.29, 1.82) is 0 Å². The van der Waals surface area contributed by atoms with Crippen LogP contribution in [0.2, 0.25) is 0 Å². The summed E-state index contributed by atoms with van der Waals surface area (Å²) in [6.45, 7) is 2.74. The van der Waals surface area contributed by atoms with Crippen molar-refractivity contribution in [2.24, 2.45) is 17.3 Å². The van der Waals surface area contributed by atoms with Gasteiger partial charge in [0, 0.05) is 37.3 Å². The van der Waals surface area contributed by atoms with Crippen molar-refractivity contribution < 1.29 is 54.4 Å². The topological polar surface area (TPSA) is 179 Å². The maximum absolute atomic E-state index is 14.5.